The Morgan fingerprint density at radius 1 is 1.07 bits per heavy atom. The van der Waals surface area contributed by atoms with E-state index in [0.29, 0.717) is 32.0 Å². The Morgan fingerprint density at radius 3 is 2.27 bits per heavy atom. The maximum atomic E-state index is 12.9. The Hall–Kier alpha value is -2.34. The minimum atomic E-state index is -0.611. The van der Waals surface area contributed by atoms with Crippen LogP contribution in [-0.4, -0.2) is 28.0 Å². The molecule has 0 fully saturated rings. The average Bonchev–Trinajstić information content (AvgIpc) is 3.03. The summed E-state index contributed by atoms with van der Waals surface area (Å²) in [4.78, 5) is 24.3. The summed E-state index contributed by atoms with van der Waals surface area (Å²) < 4.78 is 1.61. The standard InChI is InChI=1S/C22H20Cl3N3O2/c1-12(2)18(11-29)26-22(30)20-13(3)21(14-4-6-15(23)7-5-14)28(27-20)19-9-8-16(24)10-17(19)25/h4-12,18H,1-3H3,(H,26,30). The number of aldehydes is 1. The van der Waals surface area contributed by atoms with Crippen molar-refractivity contribution in [1.29, 1.82) is 0 Å². The van der Waals surface area contributed by atoms with Crippen molar-refractivity contribution >= 4 is 47.0 Å². The van der Waals surface area contributed by atoms with Gasteiger partial charge in [-0.3, -0.25) is 4.79 Å². The summed E-state index contributed by atoms with van der Waals surface area (Å²) in [5.41, 5.74) is 2.93. The van der Waals surface area contributed by atoms with Crippen molar-refractivity contribution in [3.63, 3.8) is 0 Å². The van der Waals surface area contributed by atoms with E-state index in [2.05, 4.69) is 10.4 Å². The van der Waals surface area contributed by atoms with E-state index in [1.807, 2.05) is 26.0 Å². The summed E-state index contributed by atoms with van der Waals surface area (Å²) in [7, 11) is 0. The highest BCUT2D eigenvalue weighted by atomic mass is 35.5. The fourth-order valence-corrected chi connectivity index (χ4v) is 3.68. The zero-order valence-electron chi connectivity index (χ0n) is 16.6. The summed E-state index contributed by atoms with van der Waals surface area (Å²) >= 11 is 18.5. The Bertz CT molecular complexity index is 1090. The van der Waals surface area contributed by atoms with Crippen LogP contribution < -0.4 is 5.32 Å². The molecule has 1 atom stereocenters. The second-order valence-corrected chi connectivity index (χ2v) is 8.50. The summed E-state index contributed by atoms with van der Waals surface area (Å²) in [6.45, 7) is 5.52. The minimum Gasteiger partial charge on any atom is -0.341 e. The van der Waals surface area contributed by atoms with E-state index in [9.17, 15) is 9.59 Å². The third kappa shape index (κ3) is 4.53. The number of hydrogen-bond acceptors (Lipinski definition) is 3. The number of nitrogens with zero attached hydrogens (tertiary/aromatic N) is 2. The van der Waals surface area contributed by atoms with Gasteiger partial charge in [-0.2, -0.15) is 5.10 Å². The van der Waals surface area contributed by atoms with Crippen LogP contribution in [0, 0.1) is 12.8 Å². The van der Waals surface area contributed by atoms with E-state index < -0.39 is 11.9 Å². The van der Waals surface area contributed by atoms with Crippen LogP contribution in [0.2, 0.25) is 15.1 Å². The highest BCUT2D eigenvalue weighted by Gasteiger charge is 2.25. The Balaban J connectivity index is 2.17. The van der Waals surface area contributed by atoms with Gasteiger partial charge in [0.05, 0.1) is 22.4 Å². The SMILES string of the molecule is Cc1c(C(=O)NC(C=O)C(C)C)nn(-c2ccc(Cl)cc2Cl)c1-c1ccc(Cl)cc1. The van der Waals surface area contributed by atoms with E-state index in [1.165, 1.54) is 0 Å². The molecule has 0 saturated carbocycles. The van der Waals surface area contributed by atoms with Gasteiger partial charge >= 0.3 is 0 Å². The summed E-state index contributed by atoms with van der Waals surface area (Å²) in [5, 5.41) is 8.76. The molecule has 0 aliphatic heterocycles. The normalized spacial score (nSPS) is 12.1. The van der Waals surface area contributed by atoms with Gasteiger partial charge in [-0.15, -0.1) is 0 Å². The molecule has 1 heterocycles. The van der Waals surface area contributed by atoms with Gasteiger partial charge in [-0.25, -0.2) is 4.68 Å². The molecular formula is C22H20Cl3N3O2. The molecular weight excluding hydrogens is 445 g/mol. The van der Waals surface area contributed by atoms with Crippen LogP contribution in [0.3, 0.4) is 0 Å². The first-order chi connectivity index (χ1) is 14.2. The Kier molecular flexibility index (Phi) is 6.86. The maximum Gasteiger partial charge on any atom is 0.272 e. The molecule has 1 N–H and O–H groups in total. The topological polar surface area (TPSA) is 64.0 Å². The van der Waals surface area contributed by atoms with Crippen molar-refractivity contribution in [2.75, 3.05) is 0 Å². The molecule has 0 aliphatic rings. The molecule has 2 aromatic carbocycles. The molecule has 0 bridgehead atoms. The summed E-state index contributed by atoms with van der Waals surface area (Å²) in [6, 6.07) is 11.7. The van der Waals surface area contributed by atoms with E-state index >= 15 is 0 Å². The van der Waals surface area contributed by atoms with Crippen molar-refractivity contribution in [1.82, 2.24) is 15.1 Å². The third-order valence-electron chi connectivity index (χ3n) is 4.76. The fourth-order valence-electron chi connectivity index (χ4n) is 3.06. The monoisotopic (exact) mass is 463 g/mol. The van der Waals surface area contributed by atoms with Gasteiger partial charge in [0.2, 0.25) is 0 Å². The number of halogens is 3. The molecule has 0 spiro atoms. The Morgan fingerprint density at radius 2 is 1.70 bits per heavy atom. The van der Waals surface area contributed by atoms with E-state index in [1.54, 1.807) is 41.9 Å². The second-order valence-electron chi connectivity index (χ2n) is 7.22. The second kappa shape index (κ2) is 9.21. The van der Waals surface area contributed by atoms with Gasteiger partial charge < -0.3 is 10.1 Å². The minimum absolute atomic E-state index is 0.0460. The smallest absolute Gasteiger partial charge is 0.272 e. The molecule has 0 saturated heterocycles. The number of hydrogen-bond donors (Lipinski definition) is 1. The lowest BCUT2D eigenvalue weighted by Gasteiger charge is -2.15. The lowest BCUT2D eigenvalue weighted by atomic mass is 10.0. The molecule has 3 rings (SSSR count). The number of carbonyl (C=O) groups is 2. The van der Waals surface area contributed by atoms with E-state index in [0.717, 1.165) is 11.8 Å². The molecule has 1 aromatic heterocycles. The van der Waals surface area contributed by atoms with Crippen LogP contribution in [0.25, 0.3) is 16.9 Å². The first-order valence-electron chi connectivity index (χ1n) is 9.30. The zero-order chi connectivity index (χ0) is 22.0. The number of rotatable bonds is 6. The zero-order valence-corrected chi connectivity index (χ0v) is 18.9. The van der Waals surface area contributed by atoms with Gasteiger partial charge in [0.25, 0.3) is 5.91 Å². The predicted molar refractivity (Wildman–Crippen MR) is 121 cm³/mol. The summed E-state index contributed by atoms with van der Waals surface area (Å²) in [5.74, 6) is -0.479. The lowest BCUT2D eigenvalue weighted by molar-refractivity contribution is -0.110. The van der Waals surface area contributed by atoms with Crippen molar-refractivity contribution in [2.45, 2.75) is 26.8 Å². The number of benzene rings is 2. The molecule has 3 aromatic rings. The fraction of sp³-hybridized carbons (Fsp3) is 0.227. The maximum absolute atomic E-state index is 12.9. The average molecular weight is 465 g/mol. The van der Waals surface area contributed by atoms with Crippen molar-refractivity contribution in [2.24, 2.45) is 5.92 Å². The third-order valence-corrected chi connectivity index (χ3v) is 5.55. The highest BCUT2D eigenvalue weighted by Crippen LogP contribution is 2.33. The van der Waals surface area contributed by atoms with Crippen LogP contribution in [0.1, 0.15) is 29.9 Å². The van der Waals surface area contributed by atoms with Gasteiger partial charge in [0.15, 0.2) is 5.69 Å². The number of aromatic nitrogens is 2. The first kappa shape index (κ1) is 22.3. The molecule has 0 aliphatic carbocycles. The van der Waals surface area contributed by atoms with Gasteiger partial charge in [0.1, 0.15) is 6.29 Å². The van der Waals surface area contributed by atoms with E-state index in [4.69, 9.17) is 34.8 Å². The van der Waals surface area contributed by atoms with Crippen LogP contribution >= 0.6 is 34.8 Å². The number of carbonyl (C=O) groups excluding carboxylic acids is 2. The molecule has 8 heteroatoms. The Labute approximate surface area is 189 Å². The molecule has 5 nitrogen and oxygen atoms in total. The van der Waals surface area contributed by atoms with Crippen molar-refractivity contribution < 1.29 is 9.59 Å². The van der Waals surface area contributed by atoms with Crippen LogP contribution in [-0.2, 0) is 4.79 Å². The predicted octanol–water partition coefficient (Wildman–Crippen LogP) is 5.76. The highest BCUT2D eigenvalue weighted by molar-refractivity contribution is 6.35. The molecule has 30 heavy (non-hydrogen) atoms. The van der Waals surface area contributed by atoms with Gasteiger partial charge in [0, 0.05) is 21.2 Å². The van der Waals surface area contributed by atoms with E-state index in [-0.39, 0.29) is 11.6 Å². The summed E-state index contributed by atoms with van der Waals surface area (Å²) in [6.07, 6.45) is 0.727. The largest absolute Gasteiger partial charge is 0.341 e. The lowest BCUT2D eigenvalue weighted by Crippen LogP contribution is -2.40. The van der Waals surface area contributed by atoms with Gasteiger partial charge in [-0.1, -0.05) is 60.8 Å². The molecule has 1 amide bonds. The number of amides is 1. The first-order valence-corrected chi connectivity index (χ1v) is 10.4. The molecule has 1 unspecified atom stereocenters. The number of nitrogens with one attached hydrogen (secondary N) is 1. The van der Waals surface area contributed by atoms with Gasteiger partial charge in [-0.05, 0) is 43.2 Å². The van der Waals surface area contributed by atoms with Crippen molar-refractivity contribution in [3.8, 4) is 16.9 Å². The van der Waals surface area contributed by atoms with Crippen molar-refractivity contribution in [3.05, 3.63) is 68.8 Å². The van der Waals surface area contributed by atoms with Crippen LogP contribution in [0.5, 0.6) is 0 Å². The van der Waals surface area contributed by atoms with Crippen LogP contribution in [0.4, 0.5) is 0 Å². The van der Waals surface area contributed by atoms with Crippen LogP contribution in [0.15, 0.2) is 42.5 Å². The molecule has 0 radical (unpaired) electrons. The molecule has 156 valence electrons. The quantitative estimate of drug-likeness (QED) is 0.472.